The first-order valence-electron chi connectivity index (χ1n) is 9.73. The lowest BCUT2D eigenvalue weighted by Gasteiger charge is -2.26. The second-order valence-electron chi connectivity index (χ2n) is 7.73. The quantitative estimate of drug-likeness (QED) is 0.762. The number of dihydropyridines is 1. The Morgan fingerprint density at radius 3 is 2.96 bits per heavy atom. The Hall–Kier alpha value is -1.36. The van der Waals surface area contributed by atoms with E-state index >= 15 is 0 Å². The smallest absolute Gasteiger partial charge is 0.143 e. The molecule has 2 atom stereocenters. The van der Waals surface area contributed by atoms with E-state index in [9.17, 15) is 0 Å². The van der Waals surface area contributed by atoms with Crippen LogP contribution in [0.3, 0.4) is 0 Å². The lowest BCUT2D eigenvalue weighted by molar-refractivity contribution is 0.679. The molecule has 3 heterocycles. The summed E-state index contributed by atoms with van der Waals surface area (Å²) in [5.74, 6) is 1.98. The van der Waals surface area contributed by atoms with Gasteiger partial charge in [-0.25, -0.2) is 9.97 Å². The summed E-state index contributed by atoms with van der Waals surface area (Å²) < 4.78 is 0. The Bertz CT molecular complexity index is 722. The van der Waals surface area contributed by atoms with Crippen LogP contribution in [-0.4, -0.2) is 27.6 Å². The van der Waals surface area contributed by atoms with E-state index in [0.717, 1.165) is 18.8 Å². The van der Waals surface area contributed by atoms with E-state index in [1.165, 1.54) is 48.4 Å². The molecule has 0 radical (unpaired) electrons. The van der Waals surface area contributed by atoms with Gasteiger partial charge in [-0.2, -0.15) is 0 Å². The van der Waals surface area contributed by atoms with Crippen molar-refractivity contribution >= 4 is 23.3 Å². The number of nitrogens with one attached hydrogen (secondary N) is 1. The van der Waals surface area contributed by atoms with Gasteiger partial charge in [-0.15, -0.1) is 0 Å². The predicted molar refractivity (Wildman–Crippen MR) is 106 cm³/mol. The van der Waals surface area contributed by atoms with Crippen LogP contribution in [0.25, 0.3) is 0 Å². The topological polar surface area (TPSA) is 50.2 Å². The maximum Gasteiger partial charge on any atom is 0.143 e. The first kappa shape index (κ1) is 17.1. The minimum Gasteiger partial charge on any atom is -0.369 e. The van der Waals surface area contributed by atoms with Gasteiger partial charge >= 0.3 is 0 Å². The first-order chi connectivity index (χ1) is 12.2. The van der Waals surface area contributed by atoms with E-state index in [2.05, 4.69) is 31.1 Å². The monoisotopic (exact) mass is 356 g/mol. The molecule has 0 bridgehead atoms. The van der Waals surface area contributed by atoms with Gasteiger partial charge < -0.3 is 5.32 Å². The summed E-state index contributed by atoms with van der Waals surface area (Å²) in [6, 6.07) is 0. The van der Waals surface area contributed by atoms with Gasteiger partial charge in [-0.05, 0) is 43.6 Å². The number of anilines is 1. The minimum absolute atomic E-state index is 0.273. The molecule has 0 unspecified atom stereocenters. The average Bonchev–Trinajstić information content (AvgIpc) is 3.21. The van der Waals surface area contributed by atoms with Crippen LogP contribution in [-0.2, 0) is 0 Å². The van der Waals surface area contributed by atoms with Crippen LogP contribution in [0.2, 0.25) is 0 Å². The summed E-state index contributed by atoms with van der Waals surface area (Å²) in [7, 11) is 0. The van der Waals surface area contributed by atoms with E-state index in [-0.39, 0.29) is 5.37 Å². The maximum absolute atomic E-state index is 5.20. The molecule has 1 aliphatic carbocycles. The summed E-state index contributed by atoms with van der Waals surface area (Å²) in [5, 5.41) is 3.80. The molecular weight excluding hydrogens is 328 g/mol. The summed E-state index contributed by atoms with van der Waals surface area (Å²) in [4.78, 5) is 15.7. The average molecular weight is 357 g/mol. The van der Waals surface area contributed by atoms with E-state index < -0.39 is 0 Å². The number of hydrogen-bond acceptors (Lipinski definition) is 5. The zero-order valence-electron chi connectivity index (χ0n) is 15.5. The van der Waals surface area contributed by atoms with E-state index in [1.807, 2.05) is 11.8 Å². The molecule has 25 heavy (non-hydrogen) atoms. The van der Waals surface area contributed by atoms with Crippen molar-refractivity contribution in [3.8, 4) is 0 Å². The van der Waals surface area contributed by atoms with Gasteiger partial charge in [0.15, 0.2) is 0 Å². The zero-order valence-corrected chi connectivity index (χ0v) is 16.3. The number of thioether (sulfide) groups is 1. The fourth-order valence-electron chi connectivity index (χ4n) is 4.14. The van der Waals surface area contributed by atoms with Crippen molar-refractivity contribution < 1.29 is 0 Å². The molecule has 0 saturated heterocycles. The van der Waals surface area contributed by atoms with Crippen LogP contribution in [0.5, 0.6) is 0 Å². The molecule has 1 aromatic heterocycles. The third-order valence-corrected chi connectivity index (χ3v) is 6.62. The third kappa shape index (κ3) is 3.12. The SMILES string of the molecule is CCCCC1=N[C@@H]2Sc3c(NCC(C)C)ncnc3[C@H]2C2=C1CCC2. The molecule has 5 heteroatoms. The third-order valence-electron chi connectivity index (χ3n) is 5.36. The molecular formula is C20H28N4S. The van der Waals surface area contributed by atoms with Gasteiger partial charge in [-0.1, -0.05) is 44.5 Å². The maximum atomic E-state index is 5.20. The molecule has 134 valence electrons. The molecule has 0 fully saturated rings. The highest BCUT2D eigenvalue weighted by Gasteiger charge is 2.43. The van der Waals surface area contributed by atoms with Crippen molar-refractivity contribution in [1.29, 1.82) is 0 Å². The summed E-state index contributed by atoms with van der Waals surface area (Å²) >= 11 is 1.88. The zero-order chi connectivity index (χ0) is 17.4. The molecule has 0 amide bonds. The molecule has 3 aliphatic rings. The number of rotatable bonds is 6. The van der Waals surface area contributed by atoms with E-state index in [0.29, 0.717) is 11.8 Å². The second kappa shape index (κ2) is 7.10. The van der Waals surface area contributed by atoms with Crippen molar-refractivity contribution in [3.63, 3.8) is 0 Å². The van der Waals surface area contributed by atoms with Crippen molar-refractivity contribution in [2.45, 2.75) is 75.5 Å². The van der Waals surface area contributed by atoms with Crippen LogP contribution in [0, 0.1) is 5.92 Å². The predicted octanol–water partition coefficient (Wildman–Crippen LogP) is 5.19. The van der Waals surface area contributed by atoms with E-state index in [4.69, 9.17) is 9.98 Å². The molecule has 0 spiro atoms. The highest BCUT2D eigenvalue weighted by molar-refractivity contribution is 8.00. The Kier molecular flexibility index (Phi) is 4.85. The number of aliphatic imine (C=N–C) groups is 1. The number of allylic oxidation sites excluding steroid dienone is 1. The lowest BCUT2D eigenvalue weighted by atomic mass is 9.87. The largest absolute Gasteiger partial charge is 0.369 e. The van der Waals surface area contributed by atoms with Gasteiger partial charge in [0.05, 0.1) is 16.5 Å². The van der Waals surface area contributed by atoms with Crippen LogP contribution in [0.4, 0.5) is 5.82 Å². The van der Waals surface area contributed by atoms with Crippen molar-refractivity contribution in [3.05, 3.63) is 23.2 Å². The van der Waals surface area contributed by atoms with Gasteiger partial charge in [0.1, 0.15) is 17.5 Å². The number of hydrogen-bond donors (Lipinski definition) is 1. The van der Waals surface area contributed by atoms with Crippen molar-refractivity contribution in [2.75, 3.05) is 11.9 Å². The molecule has 4 rings (SSSR count). The summed E-state index contributed by atoms with van der Waals surface area (Å²) in [6.45, 7) is 7.65. The second-order valence-corrected chi connectivity index (χ2v) is 8.86. The molecule has 2 aliphatic heterocycles. The Balaban J connectivity index is 1.67. The van der Waals surface area contributed by atoms with Crippen molar-refractivity contribution in [2.24, 2.45) is 10.9 Å². The minimum atomic E-state index is 0.273. The standard InChI is InChI=1S/C20H28N4S/c1-4-5-9-15-13-7-6-8-14(13)16-17-18(25-20(16)24-15)19(23-11-22-17)21-10-12(2)3/h11-12,16,20H,4-10H2,1-3H3,(H,21,22,23)/t16-,20-/m1/s1. The molecule has 1 N–H and O–H groups in total. The molecule has 4 nitrogen and oxygen atoms in total. The fourth-order valence-corrected chi connectivity index (χ4v) is 5.53. The normalized spacial score (nSPS) is 24.2. The Morgan fingerprint density at radius 1 is 1.28 bits per heavy atom. The molecule has 0 saturated carbocycles. The summed E-state index contributed by atoms with van der Waals surface area (Å²) in [6.07, 6.45) is 9.06. The van der Waals surface area contributed by atoms with Crippen LogP contribution >= 0.6 is 11.8 Å². The number of unbranched alkanes of at least 4 members (excludes halogenated alkanes) is 1. The van der Waals surface area contributed by atoms with Gasteiger partial charge in [0.25, 0.3) is 0 Å². The van der Waals surface area contributed by atoms with Crippen molar-refractivity contribution in [1.82, 2.24) is 9.97 Å². The number of aromatic nitrogens is 2. The highest BCUT2D eigenvalue weighted by Crippen LogP contribution is 2.55. The van der Waals surface area contributed by atoms with Gasteiger partial charge in [-0.3, -0.25) is 4.99 Å². The molecule has 1 aromatic rings. The van der Waals surface area contributed by atoms with Crippen LogP contribution in [0.1, 0.15) is 70.9 Å². The summed E-state index contributed by atoms with van der Waals surface area (Å²) in [5.41, 5.74) is 5.80. The Morgan fingerprint density at radius 2 is 2.16 bits per heavy atom. The van der Waals surface area contributed by atoms with Gasteiger partial charge in [0.2, 0.25) is 0 Å². The highest BCUT2D eigenvalue weighted by atomic mass is 32.2. The van der Waals surface area contributed by atoms with E-state index in [1.54, 1.807) is 17.5 Å². The van der Waals surface area contributed by atoms with Crippen LogP contribution < -0.4 is 5.32 Å². The lowest BCUT2D eigenvalue weighted by Crippen LogP contribution is -2.21. The first-order valence-corrected chi connectivity index (χ1v) is 10.6. The number of fused-ring (bicyclic) bond motifs is 4. The molecule has 0 aromatic carbocycles. The van der Waals surface area contributed by atoms with Crippen LogP contribution in [0.15, 0.2) is 27.4 Å². The fraction of sp³-hybridized carbons (Fsp3) is 0.650. The van der Waals surface area contributed by atoms with Gasteiger partial charge in [0, 0.05) is 12.3 Å². The number of nitrogens with zero attached hydrogens (tertiary/aromatic N) is 3. The Labute approximate surface area is 155 Å².